The Morgan fingerprint density at radius 3 is 2.95 bits per heavy atom. The minimum atomic E-state index is 0.715. The number of aromatic nitrogens is 2. The molecule has 0 aliphatic carbocycles. The zero-order valence-electron chi connectivity index (χ0n) is 13.8. The lowest BCUT2D eigenvalue weighted by atomic mass is 9.98. The van der Waals surface area contributed by atoms with Crippen LogP contribution in [0.15, 0.2) is 28.9 Å². The fourth-order valence-electron chi connectivity index (χ4n) is 3.43. The molecule has 0 bridgehead atoms. The zero-order valence-corrected chi connectivity index (χ0v) is 13.8. The maximum absolute atomic E-state index is 5.93. The van der Waals surface area contributed by atoms with E-state index in [0.29, 0.717) is 5.92 Å². The van der Waals surface area contributed by atoms with Crippen LogP contribution in [-0.4, -0.2) is 27.5 Å². The van der Waals surface area contributed by atoms with Gasteiger partial charge in [0.2, 0.25) is 0 Å². The van der Waals surface area contributed by atoms with Crippen molar-refractivity contribution >= 4 is 0 Å². The number of imidazole rings is 1. The molecule has 1 fully saturated rings. The molecular formula is C18H27N3O. The number of nitrogens with zero attached hydrogens (tertiary/aromatic N) is 3. The lowest BCUT2D eigenvalue weighted by molar-refractivity contribution is 0.145. The van der Waals surface area contributed by atoms with E-state index in [1.807, 2.05) is 6.20 Å². The zero-order chi connectivity index (χ0) is 15.4. The third kappa shape index (κ3) is 3.80. The van der Waals surface area contributed by atoms with E-state index in [1.165, 1.54) is 19.4 Å². The summed E-state index contributed by atoms with van der Waals surface area (Å²) in [5.41, 5.74) is 0. The van der Waals surface area contributed by atoms with Crippen molar-refractivity contribution in [2.75, 3.05) is 13.1 Å². The molecule has 4 heteroatoms. The van der Waals surface area contributed by atoms with E-state index in [4.69, 9.17) is 4.42 Å². The summed E-state index contributed by atoms with van der Waals surface area (Å²) >= 11 is 0. The van der Waals surface area contributed by atoms with Crippen LogP contribution >= 0.6 is 0 Å². The van der Waals surface area contributed by atoms with Gasteiger partial charge in [0.25, 0.3) is 0 Å². The van der Waals surface area contributed by atoms with Gasteiger partial charge in [0.15, 0.2) is 0 Å². The van der Waals surface area contributed by atoms with Gasteiger partial charge < -0.3 is 8.98 Å². The maximum Gasteiger partial charge on any atom is 0.118 e. The summed E-state index contributed by atoms with van der Waals surface area (Å²) < 4.78 is 8.21. The molecule has 0 unspecified atom stereocenters. The summed E-state index contributed by atoms with van der Waals surface area (Å²) in [6.45, 7) is 8.64. The van der Waals surface area contributed by atoms with Gasteiger partial charge in [-0.3, -0.25) is 4.90 Å². The lowest BCUT2D eigenvalue weighted by Crippen LogP contribution is -2.36. The van der Waals surface area contributed by atoms with Gasteiger partial charge in [0, 0.05) is 31.9 Å². The van der Waals surface area contributed by atoms with Crippen molar-refractivity contribution in [2.45, 2.75) is 52.6 Å². The van der Waals surface area contributed by atoms with Crippen LogP contribution in [0.5, 0.6) is 0 Å². The summed E-state index contributed by atoms with van der Waals surface area (Å²) in [6.07, 6.45) is 8.77. The lowest BCUT2D eigenvalue weighted by Gasteiger charge is -2.32. The van der Waals surface area contributed by atoms with Crippen LogP contribution in [0.1, 0.15) is 43.5 Å². The first-order valence-electron chi connectivity index (χ1n) is 8.52. The highest BCUT2D eigenvalue weighted by molar-refractivity contribution is 5.07. The summed E-state index contributed by atoms with van der Waals surface area (Å²) in [5.74, 6) is 4.07. The summed E-state index contributed by atoms with van der Waals surface area (Å²) in [5, 5.41) is 0. The van der Waals surface area contributed by atoms with Gasteiger partial charge in [-0.25, -0.2) is 4.98 Å². The Hall–Kier alpha value is -1.55. The number of rotatable bonds is 6. The quantitative estimate of drug-likeness (QED) is 0.817. The van der Waals surface area contributed by atoms with Gasteiger partial charge in [-0.2, -0.15) is 0 Å². The topological polar surface area (TPSA) is 34.2 Å². The molecular weight excluding hydrogens is 274 g/mol. The standard InChI is InChI=1S/C18H27N3O/c1-3-5-17-7-8-18(22-17)14-20-10-4-6-16(12-20)13-21-11-9-19-15(21)2/h7-9,11,16H,3-6,10,12-14H2,1-2H3/t16-/m0/s1. The molecule has 3 rings (SSSR count). The summed E-state index contributed by atoms with van der Waals surface area (Å²) in [4.78, 5) is 6.86. The van der Waals surface area contributed by atoms with Crippen LogP contribution < -0.4 is 0 Å². The van der Waals surface area contributed by atoms with Crippen LogP contribution in [0.25, 0.3) is 0 Å². The second kappa shape index (κ2) is 7.14. The third-order valence-corrected chi connectivity index (χ3v) is 4.57. The van der Waals surface area contributed by atoms with Crippen LogP contribution in [-0.2, 0) is 19.5 Å². The molecule has 0 spiro atoms. The molecule has 22 heavy (non-hydrogen) atoms. The van der Waals surface area contributed by atoms with Crippen molar-refractivity contribution in [3.8, 4) is 0 Å². The van der Waals surface area contributed by atoms with Crippen molar-refractivity contribution in [1.29, 1.82) is 0 Å². The van der Waals surface area contributed by atoms with Crippen LogP contribution in [0.3, 0.4) is 0 Å². The molecule has 0 aromatic carbocycles. The normalized spacial score (nSPS) is 19.6. The molecule has 120 valence electrons. The highest BCUT2D eigenvalue weighted by Gasteiger charge is 2.21. The minimum absolute atomic E-state index is 0.715. The van der Waals surface area contributed by atoms with Crippen molar-refractivity contribution < 1.29 is 4.42 Å². The van der Waals surface area contributed by atoms with Crippen molar-refractivity contribution in [1.82, 2.24) is 14.5 Å². The Labute approximate surface area is 133 Å². The first-order chi connectivity index (χ1) is 10.7. The molecule has 1 aliphatic heterocycles. The van der Waals surface area contributed by atoms with Gasteiger partial charge in [-0.1, -0.05) is 6.92 Å². The number of hydrogen-bond donors (Lipinski definition) is 0. The average Bonchev–Trinajstić information content (AvgIpc) is 3.10. The van der Waals surface area contributed by atoms with Gasteiger partial charge >= 0.3 is 0 Å². The second-order valence-corrected chi connectivity index (χ2v) is 6.49. The molecule has 0 saturated carbocycles. The highest BCUT2D eigenvalue weighted by Crippen LogP contribution is 2.21. The predicted octanol–water partition coefficient (Wildman–Crippen LogP) is 3.65. The average molecular weight is 301 g/mol. The molecule has 1 aliphatic rings. The van der Waals surface area contributed by atoms with Crippen LogP contribution in [0, 0.1) is 12.8 Å². The van der Waals surface area contributed by atoms with Crippen molar-refractivity contribution in [2.24, 2.45) is 5.92 Å². The van der Waals surface area contributed by atoms with E-state index in [1.54, 1.807) is 0 Å². The second-order valence-electron chi connectivity index (χ2n) is 6.49. The summed E-state index contributed by atoms with van der Waals surface area (Å²) in [6, 6.07) is 4.28. The van der Waals surface area contributed by atoms with E-state index >= 15 is 0 Å². The Balaban J connectivity index is 1.54. The summed E-state index contributed by atoms with van der Waals surface area (Å²) in [7, 11) is 0. The largest absolute Gasteiger partial charge is 0.465 e. The third-order valence-electron chi connectivity index (χ3n) is 4.57. The fraction of sp³-hybridized carbons (Fsp3) is 0.611. The molecule has 2 aromatic rings. The van der Waals surface area contributed by atoms with E-state index < -0.39 is 0 Å². The molecule has 1 atom stereocenters. The van der Waals surface area contributed by atoms with Gasteiger partial charge in [0.05, 0.1) is 6.54 Å². The minimum Gasteiger partial charge on any atom is -0.465 e. The Bertz CT molecular complexity index is 587. The first kappa shape index (κ1) is 15.3. The molecule has 0 N–H and O–H groups in total. The first-order valence-corrected chi connectivity index (χ1v) is 8.52. The molecule has 2 aromatic heterocycles. The molecule has 3 heterocycles. The SMILES string of the molecule is CCCc1ccc(CN2CCC[C@H](Cn3ccnc3C)C2)o1. The van der Waals surface area contributed by atoms with Crippen molar-refractivity contribution in [3.05, 3.63) is 41.9 Å². The molecule has 1 saturated heterocycles. The number of furan rings is 1. The number of piperidine rings is 1. The van der Waals surface area contributed by atoms with Gasteiger partial charge in [0.1, 0.15) is 17.3 Å². The number of likely N-dealkylation sites (tertiary alicyclic amines) is 1. The van der Waals surface area contributed by atoms with Crippen LogP contribution in [0.2, 0.25) is 0 Å². The van der Waals surface area contributed by atoms with Gasteiger partial charge in [-0.15, -0.1) is 0 Å². The smallest absolute Gasteiger partial charge is 0.118 e. The molecule has 0 radical (unpaired) electrons. The maximum atomic E-state index is 5.93. The van der Waals surface area contributed by atoms with Gasteiger partial charge in [-0.05, 0) is 50.8 Å². The highest BCUT2D eigenvalue weighted by atomic mass is 16.3. The van der Waals surface area contributed by atoms with Crippen LogP contribution in [0.4, 0.5) is 0 Å². The van der Waals surface area contributed by atoms with E-state index in [0.717, 1.165) is 49.8 Å². The Morgan fingerprint density at radius 1 is 1.32 bits per heavy atom. The molecule has 0 amide bonds. The van der Waals surface area contributed by atoms with E-state index in [9.17, 15) is 0 Å². The monoisotopic (exact) mass is 301 g/mol. The predicted molar refractivity (Wildman–Crippen MR) is 87.7 cm³/mol. The number of aryl methyl sites for hydroxylation is 2. The van der Waals surface area contributed by atoms with E-state index in [-0.39, 0.29) is 0 Å². The fourth-order valence-corrected chi connectivity index (χ4v) is 3.43. The Kier molecular flexibility index (Phi) is 4.98. The Morgan fingerprint density at radius 2 is 2.18 bits per heavy atom. The molecule has 4 nitrogen and oxygen atoms in total. The van der Waals surface area contributed by atoms with E-state index in [2.05, 4.69) is 46.6 Å². The van der Waals surface area contributed by atoms with Crippen molar-refractivity contribution in [3.63, 3.8) is 0 Å². The number of hydrogen-bond acceptors (Lipinski definition) is 3.